The molecule has 4 aliphatic rings. The Morgan fingerprint density at radius 2 is 0.399 bits per heavy atom. The van der Waals surface area contributed by atoms with Gasteiger partial charge >= 0.3 is 0 Å². The zero-order valence-electron chi connectivity index (χ0n) is 78.6. The number of hydrogen-bond acceptors (Lipinski definition) is 4. The molecule has 0 amide bonds. The fraction of sp³-hybridized carbons (Fsp3) is 0.104. The lowest BCUT2D eigenvalue weighted by Crippen LogP contribution is -2.29. The van der Waals surface area contributed by atoms with Gasteiger partial charge in [-0.05, 0) is 305 Å². The van der Waals surface area contributed by atoms with E-state index in [2.05, 4.69) is 549 Å². The second kappa shape index (κ2) is 35.8. The first-order chi connectivity index (χ1) is 68.0. The average Bonchev–Trinajstić information content (AvgIpc) is 1.55. The molecule has 4 heteroatoms. The van der Waals surface area contributed by atoms with Gasteiger partial charge in [-0.3, -0.25) is 0 Å². The third-order valence-corrected chi connectivity index (χ3v) is 30.0. The molecular weight excluding hydrogens is 1670 g/mol. The van der Waals surface area contributed by atoms with E-state index in [4.69, 9.17) is 9.47 Å². The minimum atomic E-state index is -0.632. The topological polar surface area (TPSA) is 24.9 Å². The second-order valence-electron chi connectivity index (χ2n) is 37.7. The van der Waals surface area contributed by atoms with Gasteiger partial charge in [0.05, 0.1) is 21.7 Å². The van der Waals surface area contributed by atoms with E-state index in [0.717, 1.165) is 70.0 Å². The van der Waals surface area contributed by atoms with Gasteiger partial charge in [0.15, 0.2) is 0 Å². The van der Waals surface area contributed by atoms with Crippen molar-refractivity contribution in [1.29, 1.82) is 0 Å². The first-order valence-corrected chi connectivity index (χ1v) is 48.8. The molecule has 0 aliphatic heterocycles. The monoisotopic (exact) mass is 1770 g/mol. The zero-order valence-corrected chi connectivity index (χ0v) is 78.6. The molecule has 664 valence electrons. The molecule has 4 unspecified atom stereocenters. The fourth-order valence-electron chi connectivity index (χ4n) is 23.5. The molecular formula is C134H106N2O2. The second-order valence-corrected chi connectivity index (χ2v) is 37.7. The highest BCUT2D eigenvalue weighted by molar-refractivity contribution is 5.96. The Morgan fingerprint density at radius 3 is 0.652 bits per heavy atom. The lowest BCUT2D eigenvalue weighted by Gasteiger charge is -2.36. The highest BCUT2D eigenvalue weighted by Crippen LogP contribution is 2.64. The lowest BCUT2D eigenvalue weighted by molar-refractivity contribution is 0.481. The van der Waals surface area contributed by atoms with Gasteiger partial charge in [-0.1, -0.05) is 415 Å². The smallest absolute Gasteiger partial charge is 0.127 e. The van der Waals surface area contributed by atoms with E-state index in [9.17, 15) is 0 Å². The number of anilines is 6. The van der Waals surface area contributed by atoms with Crippen molar-refractivity contribution in [3.05, 3.63) is 609 Å². The Kier molecular flexibility index (Phi) is 22.2. The van der Waals surface area contributed by atoms with Gasteiger partial charge in [0.2, 0.25) is 0 Å². The van der Waals surface area contributed by atoms with E-state index in [1.165, 1.54) is 156 Å². The van der Waals surface area contributed by atoms with E-state index in [0.29, 0.717) is 11.8 Å². The minimum Gasteiger partial charge on any atom is -0.457 e. The molecule has 4 nitrogen and oxygen atoms in total. The van der Waals surface area contributed by atoms with Crippen LogP contribution in [0.15, 0.2) is 497 Å². The van der Waals surface area contributed by atoms with Crippen LogP contribution < -0.4 is 19.3 Å². The summed E-state index contributed by atoms with van der Waals surface area (Å²) in [4.78, 5) is 4.91. The number of rotatable bonds is 22. The van der Waals surface area contributed by atoms with Crippen molar-refractivity contribution in [2.75, 3.05) is 9.80 Å². The molecule has 0 radical (unpaired) electrons. The molecule has 20 aromatic carbocycles. The number of benzene rings is 20. The molecule has 0 spiro atoms. The highest BCUT2D eigenvalue weighted by Gasteiger charge is 2.52. The number of aryl methyl sites for hydroxylation is 2. The number of fused-ring (bicyclic) bond motifs is 12. The molecule has 0 aromatic heterocycles. The summed E-state index contributed by atoms with van der Waals surface area (Å²) in [6.07, 6.45) is 2.21. The van der Waals surface area contributed by atoms with Gasteiger partial charge in [0, 0.05) is 34.1 Å². The molecule has 4 atom stereocenters. The molecule has 0 bridgehead atoms. The Bertz CT molecular complexity index is 7760. The van der Waals surface area contributed by atoms with Crippen LogP contribution in [0.4, 0.5) is 34.1 Å². The predicted molar refractivity (Wildman–Crippen MR) is 571 cm³/mol. The van der Waals surface area contributed by atoms with Crippen molar-refractivity contribution < 1.29 is 9.47 Å². The van der Waals surface area contributed by atoms with Crippen molar-refractivity contribution in [2.24, 2.45) is 0 Å². The Labute approximate surface area is 811 Å². The standard InChI is InChI=1S/C68H55NO.C66H51NO/c1-5-48(4)49-29-35-57(36-30-49)70-58-37-31-52(32-38-58)68(53-42-46(2)41-47(3)43-53)64-28-18-16-26-60(64)62-40-34-56(45-66(62)68)69(54-23-13-8-14-24-54)55-33-39-61-59-25-15-17-27-63(59)67(65(61)44-55,50-19-9-6-10-20-50)51-21-11-7-12-22-51;1-3-46(2)47-32-38-55(39-33-47)68-56-40-34-51(35-41-56)66(50-24-12-6-13-25-50)62-31-19-17-29-58(62)60-43-37-54(45-64(60)66)67(52-26-14-7-15-27-52)53-36-42-59-57-28-16-18-30-61(57)65(63(59)44-53,48-20-8-4-9-21-48)49-22-10-5-11-23-49/h6-45,48H,5H2,1-4H3;4-46H,3H2,1-2H3. The summed E-state index contributed by atoms with van der Waals surface area (Å²) in [6, 6.07) is 184. The summed E-state index contributed by atoms with van der Waals surface area (Å²) in [5, 5.41) is 0. The van der Waals surface area contributed by atoms with E-state index in [-0.39, 0.29) is 0 Å². The van der Waals surface area contributed by atoms with Crippen LogP contribution in [-0.2, 0) is 21.7 Å². The van der Waals surface area contributed by atoms with E-state index in [1.807, 2.05) is 0 Å². The van der Waals surface area contributed by atoms with Gasteiger partial charge in [-0.15, -0.1) is 0 Å². The van der Waals surface area contributed by atoms with Crippen molar-refractivity contribution >= 4 is 34.1 Å². The van der Waals surface area contributed by atoms with Crippen molar-refractivity contribution in [3.8, 4) is 67.5 Å². The zero-order chi connectivity index (χ0) is 93.1. The Hall–Kier alpha value is -16.4. The average molecular weight is 1780 g/mol. The Balaban J connectivity index is 0.000000155. The van der Waals surface area contributed by atoms with Gasteiger partial charge < -0.3 is 19.3 Å². The first kappa shape index (κ1) is 85.8. The summed E-state index contributed by atoms with van der Waals surface area (Å²) >= 11 is 0. The quantitative estimate of drug-likeness (QED) is 0.0675. The van der Waals surface area contributed by atoms with Crippen LogP contribution in [0.5, 0.6) is 23.0 Å². The maximum Gasteiger partial charge on any atom is 0.127 e. The molecule has 0 N–H and O–H groups in total. The van der Waals surface area contributed by atoms with Crippen LogP contribution in [0.2, 0.25) is 0 Å². The number of nitrogens with zero attached hydrogens (tertiary/aromatic N) is 2. The van der Waals surface area contributed by atoms with Crippen LogP contribution in [-0.4, -0.2) is 0 Å². The van der Waals surface area contributed by atoms with Crippen molar-refractivity contribution in [3.63, 3.8) is 0 Å². The number of ether oxygens (including phenoxy) is 2. The summed E-state index contributed by atoms with van der Waals surface area (Å²) in [7, 11) is 0. The van der Waals surface area contributed by atoms with Crippen LogP contribution in [0.25, 0.3) is 44.5 Å². The molecule has 138 heavy (non-hydrogen) atoms. The number of para-hydroxylation sites is 2. The third-order valence-electron chi connectivity index (χ3n) is 30.0. The van der Waals surface area contributed by atoms with Crippen LogP contribution in [0, 0.1) is 13.8 Å². The Morgan fingerprint density at radius 1 is 0.188 bits per heavy atom. The SMILES string of the molecule is CCC(C)c1ccc(Oc2ccc(C3(c4cc(C)cc(C)c4)c4ccccc4-c4ccc(N(c5ccccc5)c5ccc6c(c5)C(c5ccccc5)(c5ccccc5)c5ccccc5-6)cc43)cc2)cc1.CCC(C)c1ccc(Oc2ccc(C3(c4ccccc4)c4ccccc4-c4ccc(N(c5ccccc5)c5ccc6c(c5)C(c5ccccc5)(c5ccccc5)c5ccccc5-6)cc43)cc2)cc1. The van der Waals surface area contributed by atoms with Crippen LogP contribution in [0.1, 0.15) is 164 Å². The largest absolute Gasteiger partial charge is 0.457 e. The predicted octanol–water partition coefficient (Wildman–Crippen LogP) is 35.0. The van der Waals surface area contributed by atoms with Gasteiger partial charge in [-0.2, -0.15) is 0 Å². The molecule has 20 aromatic rings. The maximum absolute atomic E-state index is 6.55. The van der Waals surface area contributed by atoms with Crippen LogP contribution in [0.3, 0.4) is 0 Å². The van der Waals surface area contributed by atoms with Gasteiger partial charge in [0.25, 0.3) is 0 Å². The van der Waals surface area contributed by atoms with Crippen molar-refractivity contribution in [1.82, 2.24) is 0 Å². The molecule has 0 saturated carbocycles. The van der Waals surface area contributed by atoms with E-state index in [1.54, 1.807) is 0 Å². The molecule has 0 heterocycles. The maximum atomic E-state index is 6.55. The molecule has 0 fully saturated rings. The third kappa shape index (κ3) is 14.2. The summed E-state index contributed by atoms with van der Waals surface area (Å²) in [6.45, 7) is 13.5. The van der Waals surface area contributed by atoms with Crippen molar-refractivity contribution in [2.45, 2.75) is 87.9 Å². The number of hydrogen-bond donors (Lipinski definition) is 0. The normalized spacial score (nSPS) is 15.3. The fourth-order valence-corrected chi connectivity index (χ4v) is 23.5. The lowest BCUT2D eigenvalue weighted by atomic mass is 9.67. The summed E-state index contributed by atoms with van der Waals surface area (Å²) in [5.41, 5.74) is 39.5. The van der Waals surface area contributed by atoms with Crippen LogP contribution >= 0.6 is 0 Å². The summed E-state index contributed by atoms with van der Waals surface area (Å²) < 4.78 is 13.1. The van der Waals surface area contributed by atoms with Gasteiger partial charge in [-0.25, -0.2) is 0 Å². The first-order valence-electron chi connectivity index (χ1n) is 48.8. The highest BCUT2D eigenvalue weighted by atomic mass is 16.5. The minimum absolute atomic E-state index is 0.511. The van der Waals surface area contributed by atoms with E-state index < -0.39 is 21.7 Å². The summed E-state index contributed by atoms with van der Waals surface area (Å²) in [5.74, 6) is 4.32. The molecule has 0 saturated heterocycles. The molecule has 24 rings (SSSR count). The molecule has 4 aliphatic carbocycles. The van der Waals surface area contributed by atoms with Gasteiger partial charge in [0.1, 0.15) is 23.0 Å². The van der Waals surface area contributed by atoms with E-state index >= 15 is 0 Å².